The van der Waals surface area contributed by atoms with E-state index in [1.165, 1.54) is 55.8 Å². The summed E-state index contributed by atoms with van der Waals surface area (Å²) in [6, 6.07) is 36.2. The summed E-state index contributed by atoms with van der Waals surface area (Å²) >= 11 is 2.06. The van der Waals surface area contributed by atoms with Crippen molar-refractivity contribution in [2.24, 2.45) is 5.92 Å². The number of hydrogen-bond donors (Lipinski definition) is 0. The molecule has 7 rings (SSSR count). The fourth-order valence-corrected chi connectivity index (χ4v) is 7.85. The lowest BCUT2D eigenvalue weighted by Gasteiger charge is -2.26. The first-order valence-electron chi connectivity index (χ1n) is 14.2. The SMILES string of the molecule is Cc1ccc(C2=CC(c3ccc4c(c3)C3CC(C)C=CC3S4)CC(c3ccc(-c4ccccc4)cc3)=C2)cc1. The molecule has 3 aliphatic rings. The fraction of sp³-hybridized carbons (Fsp3) is 0.211. The third-order valence-electron chi connectivity index (χ3n) is 8.67. The number of fused-ring (bicyclic) bond motifs is 3. The molecule has 1 heteroatoms. The normalized spacial score (nSPS) is 23.5. The smallest absolute Gasteiger partial charge is 0.0343 e. The molecule has 0 radical (unpaired) electrons. The molecule has 4 unspecified atom stereocenters. The molecule has 4 aromatic rings. The Hall–Kier alpha value is -3.55. The average Bonchev–Trinajstić information content (AvgIpc) is 3.35. The highest BCUT2D eigenvalue weighted by atomic mass is 32.2. The van der Waals surface area contributed by atoms with E-state index < -0.39 is 0 Å². The Balaban J connectivity index is 1.25. The molecule has 4 atom stereocenters. The predicted octanol–water partition coefficient (Wildman–Crippen LogP) is 10.5. The highest BCUT2D eigenvalue weighted by Crippen LogP contribution is 2.52. The van der Waals surface area contributed by atoms with Gasteiger partial charge in [0.25, 0.3) is 0 Å². The first kappa shape index (κ1) is 24.5. The van der Waals surface area contributed by atoms with Crippen molar-refractivity contribution in [3.8, 4) is 11.1 Å². The molecule has 4 aromatic carbocycles. The Morgan fingerprint density at radius 1 is 0.718 bits per heavy atom. The van der Waals surface area contributed by atoms with E-state index in [4.69, 9.17) is 0 Å². The van der Waals surface area contributed by atoms with E-state index in [1.807, 2.05) is 0 Å². The summed E-state index contributed by atoms with van der Waals surface area (Å²) in [5.41, 5.74) is 12.2. The van der Waals surface area contributed by atoms with E-state index in [0.717, 1.165) is 6.42 Å². The van der Waals surface area contributed by atoms with E-state index in [2.05, 4.69) is 147 Å². The van der Waals surface area contributed by atoms with Gasteiger partial charge in [0.1, 0.15) is 0 Å². The standard InChI is InChI=1S/C38H34S/c1-25-8-11-29(12-9-25)32-21-33(30-15-13-28(14-16-30)27-6-4-3-5-7-27)23-34(22-32)31-17-19-38-36(24-31)35-20-26(2)10-18-37(35)39-38/h3-19,21-22,24,26,34-35,37H,20,23H2,1-2H3. The average molecular weight is 523 g/mol. The van der Waals surface area contributed by atoms with Crippen molar-refractivity contribution in [2.45, 2.75) is 48.7 Å². The monoisotopic (exact) mass is 522 g/mol. The molecule has 0 saturated carbocycles. The van der Waals surface area contributed by atoms with Gasteiger partial charge in [-0.2, -0.15) is 0 Å². The van der Waals surface area contributed by atoms with Gasteiger partial charge < -0.3 is 0 Å². The molecule has 0 spiro atoms. The molecule has 192 valence electrons. The maximum Gasteiger partial charge on any atom is 0.0343 e. The van der Waals surface area contributed by atoms with E-state index in [0.29, 0.717) is 23.0 Å². The maximum atomic E-state index is 2.55. The summed E-state index contributed by atoms with van der Waals surface area (Å²) in [6.07, 6.45) is 12.1. The summed E-state index contributed by atoms with van der Waals surface area (Å²) in [5, 5.41) is 0.607. The molecule has 39 heavy (non-hydrogen) atoms. The van der Waals surface area contributed by atoms with Crippen molar-refractivity contribution in [2.75, 3.05) is 0 Å². The number of rotatable bonds is 4. The fourth-order valence-electron chi connectivity index (χ4n) is 6.47. The number of thioether (sulfide) groups is 1. The lowest BCUT2D eigenvalue weighted by atomic mass is 9.78. The largest absolute Gasteiger partial charge is 0.118 e. The minimum Gasteiger partial charge on any atom is -0.118 e. The van der Waals surface area contributed by atoms with E-state index in [1.54, 1.807) is 5.56 Å². The molecule has 0 bridgehead atoms. The Kier molecular flexibility index (Phi) is 6.41. The van der Waals surface area contributed by atoms with Crippen LogP contribution in [0, 0.1) is 12.8 Å². The molecule has 0 aromatic heterocycles. The first-order chi connectivity index (χ1) is 19.1. The molecule has 0 fully saturated rings. The van der Waals surface area contributed by atoms with Gasteiger partial charge in [0.15, 0.2) is 0 Å². The zero-order valence-corrected chi connectivity index (χ0v) is 23.5. The zero-order chi connectivity index (χ0) is 26.3. The van der Waals surface area contributed by atoms with Gasteiger partial charge in [-0.25, -0.2) is 0 Å². The van der Waals surface area contributed by atoms with Crippen LogP contribution in [0.15, 0.2) is 126 Å². The summed E-state index contributed by atoms with van der Waals surface area (Å²) in [6.45, 7) is 4.52. The van der Waals surface area contributed by atoms with Crippen molar-refractivity contribution in [3.05, 3.63) is 149 Å². The van der Waals surface area contributed by atoms with Crippen molar-refractivity contribution in [1.29, 1.82) is 0 Å². The van der Waals surface area contributed by atoms with Crippen LogP contribution in [0.1, 0.15) is 59.4 Å². The van der Waals surface area contributed by atoms with Crippen molar-refractivity contribution in [1.82, 2.24) is 0 Å². The quantitative estimate of drug-likeness (QED) is 0.240. The van der Waals surface area contributed by atoms with Crippen LogP contribution in [0.5, 0.6) is 0 Å². The second kappa shape index (κ2) is 10.2. The van der Waals surface area contributed by atoms with Gasteiger partial charge in [0.2, 0.25) is 0 Å². The molecule has 0 N–H and O–H groups in total. The molecular weight excluding hydrogens is 488 g/mol. The Bertz CT molecular complexity index is 1590. The van der Waals surface area contributed by atoms with Crippen LogP contribution in [-0.2, 0) is 0 Å². The maximum absolute atomic E-state index is 2.55. The van der Waals surface area contributed by atoms with Crippen LogP contribution >= 0.6 is 11.8 Å². The minimum absolute atomic E-state index is 0.362. The minimum atomic E-state index is 0.362. The van der Waals surface area contributed by atoms with Crippen molar-refractivity contribution in [3.63, 3.8) is 0 Å². The second-order valence-corrected chi connectivity index (χ2v) is 12.7. The number of benzene rings is 4. The highest BCUT2D eigenvalue weighted by molar-refractivity contribution is 8.00. The van der Waals surface area contributed by atoms with Gasteiger partial charge in [0.05, 0.1) is 0 Å². The molecule has 0 amide bonds. The molecule has 1 heterocycles. The van der Waals surface area contributed by atoms with Gasteiger partial charge in [-0.1, -0.05) is 128 Å². The predicted molar refractivity (Wildman–Crippen MR) is 168 cm³/mol. The number of aryl methyl sites for hydroxylation is 1. The summed E-state index contributed by atoms with van der Waals surface area (Å²) in [7, 11) is 0. The third-order valence-corrected chi connectivity index (χ3v) is 10.1. The van der Waals surface area contributed by atoms with Crippen LogP contribution < -0.4 is 0 Å². The summed E-state index contributed by atoms with van der Waals surface area (Å²) < 4.78 is 0. The lowest BCUT2D eigenvalue weighted by Crippen LogP contribution is -2.15. The third kappa shape index (κ3) is 4.85. The summed E-state index contributed by atoms with van der Waals surface area (Å²) in [4.78, 5) is 1.48. The Morgan fingerprint density at radius 3 is 2.23 bits per heavy atom. The van der Waals surface area contributed by atoms with Crippen LogP contribution in [-0.4, -0.2) is 5.25 Å². The molecule has 0 saturated heterocycles. The van der Waals surface area contributed by atoms with Crippen LogP contribution in [0.4, 0.5) is 0 Å². The van der Waals surface area contributed by atoms with E-state index in [-0.39, 0.29) is 0 Å². The first-order valence-corrected chi connectivity index (χ1v) is 15.1. The van der Waals surface area contributed by atoms with Crippen LogP contribution in [0.25, 0.3) is 22.3 Å². The van der Waals surface area contributed by atoms with Gasteiger partial charge in [-0.05, 0) is 76.3 Å². The molecule has 0 nitrogen and oxygen atoms in total. The van der Waals surface area contributed by atoms with Gasteiger partial charge in [0, 0.05) is 22.0 Å². The zero-order valence-electron chi connectivity index (χ0n) is 22.7. The number of allylic oxidation sites excluding steroid dienone is 5. The summed E-state index contributed by atoms with van der Waals surface area (Å²) in [5.74, 6) is 1.67. The van der Waals surface area contributed by atoms with Crippen LogP contribution in [0.2, 0.25) is 0 Å². The molecule has 1 aliphatic heterocycles. The van der Waals surface area contributed by atoms with Crippen molar-refractivity contribution < 1.29 is 0 Å². The van der Waals surface area contributed by atoms with Crippen LogP contribution in [0.3, 0.4) is 0 Å². The Morgan fingerprint density at radius 2 is 1.44 bits per heavy atom. The Labute approximate surface area is 237 Å². The van der Waals surface area contributed by atoms with Gasteiger partial charge in [-0.15, -0.1) is 11.8 Å². The van der Waals surface area contributed by atoms with Crippen molar-refractivity contribution >= 4 is 22.9 Å². The second-order valence-electron chi connectivity index (χ2n) is 11.5. The van der Waals surface area contributed by atoms with Gasteiger partial charge >= 0.3 is 0 Å². The topological polar surface area (TPSA) is 0 Å². The van der Waals surface area contributed by atoms with E-state index >= 15 is 0 Å². The number of hydrogen-bond acceptors (Lipinski definition) is 1. The highest BCUT2D eigenvalue weighted by Gasteiger charge is 2.35. The van der Waals surface area contributed by atoms with Gasteiger partial charge in [-0.3, -0.25) is 0 Å². The lowest BCUT2D eigenvalue weighted by molar-refractivity contribution is 0.525. The molecular formula is C38H34S. The van der Waals surface area contributed by atoms with E-state index in [9.17, 15) is 0 Å². The molecule has 2 aliphatic carbocycles.